The number of hydrogen-bond acceptors (Lipinski definition) is 3. The summed E-state index contributed by atoms with van der Waals surface area (Å²) in [5.74, 6) is 0.606. The van der Waals surface area contributed by atoms with Crippen molar-refractivity contribution < 1.29 is 4.79 Å². The molecule has 0 aliphatic heterocycles. The SMILES string of the molecule is Cc1cccnc1NC(=O)CCc1cnn(C)c1. The Bertz CT molecular complexity index is 547. The fraction of sp³-hybridized carbons (Fsp3) is 0.308. The predicted molar refractivity (Wildman–Crippen MR) is 69.1 cm³/mol. The summed E-state index contributed by atoms with van der Waals surface area (Å²) in [4.78, 5) is 15.9. The highest BCUT2D eigenvalue weighted by Crippen LogP contribution is 2.10. The van der Waals surface area contributed by atoms with Crippen LogP contribution in [0.4, 0.5) is 5.82 Å². The summed E-state index contributed by atoms with van der Waals surface area (Å²) in [6.45, 7) is 1.92. The van der Waals surface area contributed by atoms with E-state index in [1.807, 2.05) is 32.3 Å². The van der Waals surface area contributed by atoms with E-state index in [-0.39, 0.29) is 5.91 Å². The van der Waals surface area contributed by atoms with Crippen LogP contribution in [0, 0.1) is 6.92 Å². The standard InChI is InChI=1S/C13H16N4O/c1-10-4-3-7-14-13(10)16-12(18)6-5-11-8-15-17(2)9-11/h3-4,7-9H,5-6H2,1-2H3,(H,14,16,18). The highest BCUT2D eigenvalue weighted by atomic mass is 16.1. The minimum Gasteiger partial charge on any atom is -0.310 e. The molecule has 0 radical (unpaired) electrons. The summed E-state index contributed by atoms with van der Waals surface area (Å²) in [5, 5.41) is 6.88. The molecule has 2 aromatic rings. The zero-order chi connectivity index (χ0) is 13.0. The lowest BCUT2D eigenvalue weighted by molar-refractivity contribution is -0.116. The van der Waals surface area contributed by atoms with E-state index < -0.39 is 0 Å². The number of carbonyl (C=O) groups is 1. The number of carbonyl (C=O) groups excluding carboxylic acids is 1. The lowest BCUT2D eigenvalue weighted by Gasteiger charge is -2.06. The fourth-order valence-electron chi connectivity index (χ4n) is 1.67. The van der Waals surface area contributed by atoms with E-state index >= 15 is 0 Å². The van der Waals surface area contributed by atoms with Gasteiger partial charge in [0.1, 0.15) is 5.82 Å². The van der Waals surface area contributed by atoms with Crippen LogP contribution in [0.15, 0.2) is 30.7 Å². The van der Waals surface area contributed by atoms with Crippen molar-refractivity contribution in [3.8, 4) is 0 Å². The summed E-state index contributed by atoms with van der Waals surface area (Å²) in [5.41, 5.74) is 2.03. The van der Waals surface area contributed by atoms with Gasteiger partial charge in [0.25, 0.3) is 0 Å². The van der Waals surface area contributed by atoms with E-state index in [2.05, 4.69) is 15.4 Å². The number of aryl methyl sites for hydroxylation is 3. The zero-order valence-electron chi connectivity index (χ0n) is 10.6. The van der Waals surface area contributed by atoms with Gasteiger partial charge in [0.15, 0.2) is 0 Å². The Hall–Kier alpha value is -2.17. The van der Waals surface area contributed by atoms with Crippen molar-refractivity contribution in [2.75, 3.05) is 5.32 Å². The first-order valence-corrected chi connectivity index (χ1v) is 5.84. The minimum atomic E-state index is -0.0272. The number of amides is 1. The van der Waals surface area contributed by atoms with Crippen LogP contribution in [-0.2, 0) is 18.3 Å². The van der Waals surface area contributed by atoms with Gasteiger partial charge >= 0.3 is 0 Å². The van der Waals surface area contributed by atoms with Crippen molar-refractivity contribution in [3.05, 3.63) is 41.9 Å². The van der Waals surface area contributed by atoms with Gasteiger partial charge in [0.2, 0.25) is 5.91 Å². The third-order valence-electron chi connectivity index (χ3n) is 2.67. The molecule has 0 saturated carbocycles. The number of pyridine rings is 1. The molecule has 1 amide bonds. The first-order chi connectivity index (χ1) is 8.65. The molecule has 2 rings (SSSR count). The number of aromatic nitrogens is 3. The third kappa shape index (κ3) is 3.16. The van der Waals surface area contributed by atoms with Gasteiger partial charge in [-0.3, -0.25) is 9.48 Å². The topological polar surface area (TPSA) is 59.8 Å². The van der Waals surface area contributed by atoms with Crippen LogP contribution in [-0.4, -0.2) is 20.7 Å². The molecular weight excluding hydrogens is 228 g/mol. The lowest BCUT2D eigenvalue weighted by atomic mass is 10.2. The van der Waals surface area contributed by atoms with Crippen LogP contribution < -0.4 is 5.32 Å². The molecule has 0 aliphatic rings. The maximum Gasteiger partial charge on any atom is 0.225 e. The normalized spacial score (nSPS) is 10.3. The van der Waals surface area contributed by atoms with Gasteiger partial charge in [0, 0.05) is 25.9 Å². The van der Waals surface area contributed by atoms with Crippen molar-refractivity contribution in [3.63, 3.8) is 0 Å². The zero-order valence-corrected chi connectivity index (χ0v) is 10.6. The number of anilines is 1. The first kappa shape index (κ1) is 12.3. The molecule has 0 spiro atoms. The van der Waals surface area contributed by atoms with Gasteiger partial charge < -0.3 is 5.32 Å². The molecule has 5 heteroatoms. The van der Waals surface area contributed by atoms with Gasteiger partial charge in [-0.15, -0.1) is 0 Å². The first-order valence-electron chi connectivity index (χ1n) is 5.84. The average Bonchev–Trinajstić information content (AvgIpc) is 2.76. The maximum atomic E-state index is 11.8. The second-order valence-corrected chi connectivity index (χ2v) is 4.24. The summed E-state index contributed by atoms with van der Waals surface area (Å²) in [6, 6.07) is 3.77. The molecule has 2 aromatic heterocycles. The van der Waals surface area contributed by atoms with Crippen LogP contribution in [0.25, 0.3) is 0 Å². The van der Waals surface area contributed by atoms with Crippen LogP contribution in [0.1, 0.15) is 17.5 Å². The van der Waals surface area contributed by atoms with Crippen LogP contribution in [0.5, 0.6) is 0 Å². The number of nitrogens with zero attached hydrogens (tertiary/aromatic N) is 3. The van der Waals surface area contributed by atoms with E-state index in [1.54, 1.807) is 17.1 Å². The number of rotatable bonds is 4. The van der Waals surface area contributed by atoms with Crippen LogP contribution >= 0.6 is 0 Å². The Kier molecular flexibility index (Phi) is 3.72. The summed E-state index contributed by atoms with van der Waals surface area (Å²) < 4.78 is 1.73. The predicted octanol–water partition coefficient (Wildman–Crippen LogP) is 1.69. The molecule has 2 heterocycles. The molecule has 0 aliphatic carbocycles. The van der Waals surface area contributed by atoms with Crippen LogP contribution in [0.3, 0.4) is 0 Å². The van der Waals surface area contributed by atoms with Gasteiger partial charge in [-0.2, -0.15) is 5.10 Å². The van der Waals surface area contributed by atoms with E-state index in [0.717, 1.165) is 11.1 Å². The molecule has 0 unspecified atom stereocenters. The van der Waals surface area contributed by atoms with Crippen molar-refractivity contribution >= 4 is 11.7 Å². The van der Waals surface area contributed by atoms with Gasteiger partial charge in [0.05, 0.1) is 6.20 Å². The van der Waals surface area contributed by atoms with Gasteiger partial charge in [-0.25, -0.2) is 4.98 Å². The van der Waals surface area contributed by atoms with E-state index in [4.69, 9.17) is 0 Å². The highest BCUT2D eigenvalue weighted by Gasteiger charge is 2.06. The summed E-state index contributed by atoms with van der Waals surface area (Å²) >= 11 is 0. The third-order valence-corrected chi connectivity index (χ3v) is 2.67. The molecule has 0 atom stereocenters. The summed E-state index contributed by atoms with van der Waals surface area (Å²) in [6.07, 6.45) is 6.48. The average molecular weight is 244 g/mol. The molecule has 0 aromatic carbocycles. The number of nitrogens with one attached hydrogen (secondary N) is 1. The monoisotopic (exact) mass is 244 g/mol. The second-order valence-electron chi connectivity index (χ2n) is 4.24. The van der Waals surface area contributed by atoms with Crippen molar-refractivity contribution in [1.82, 2.24) is 14.8 Å². The molecule has 18 heavy (non-hydrogen) atoms. The highest BCUT2D eigenvalue weighted by molar-refractivity contribution is 5.90. The Morgan fingerprint density at radius 2 is 2.33 bits per heavy atom. The van der Waals surface area contributed by atoms with Crippen molar-refractivity contribution in [2.24, 2.45) is 7.05 Å². The fourth-order valence-corrected chi connectivity index (χ4v) is 1.67. The van der Waals surface area contributed by atoms with Crippen molar-refractivity contribution in [2.45, 2.75) is 19.8 Å². The Labute approximate surface area is 106 Å². The summed E-state index contributed by atoms with van der Waals surface area (Å²) in [7, 11) is 1.86. The molecule has 94 valence electrons. The molecular formula is C13H16N4O. The van der Waals surface area contributed by atoms with Gasteiger partial charge in [-0.1, -0.05) is 6.07 Å². The van der Waals surface area contributed by atoms with Crippen molar-refractivity contribution in [1.29, 1.82) is 0 Å². The van der Waals surface area contributed by atoms with E-state index in [0.29, 0.717) is 18.7 Å². The van der Waals surface area contributed by atoms with Crippen LogP contribution in [0.2, 0.25) is 0 Å². The molecule has 5 nitrogen and oxygen atoms in total. The maximum absolute atomic E-state index is 11.8. The Morgan fingerprint density at radius 3 is 3.00 bits per heavy atom. The molecule has 1 N–H and O–H groups in total. The minimum absolute atomic E-state index is 0.0272. The van der Waals surface area contributed by atoms with E-state index in [1.165, 1.54) is 0 Å². The lowest BCUT2D eigenvalue weighted by Crippen LogP contribution is -2.14. The smallest absolute Gasteiger partial charge is 0.225 e. The Balaban J connectivity index is 1.88. The van der Waals surface area contributed by atoms with Gasteiger partial charge in [-0.05, 0) is 30.5 Å². The molecule has 0 bridgehead atoms. The Morgan fingerprint density at radius 1 is 1.50 bits per heavy atom. The largest absolute Gasteiger partial charge is 0.310 e. The quantitative estimate of drug-likeness (QED) is 0.890. The van der Waals surface area contributed by atoms with E-state index in [9.17, 15) is 4.79 Å². The second kappa shape index (κ2) is 5.44. The number of hydrogen-bond donors (Lipinski definition) is 1. The molecule has 0 fully saturated rings. The molecule has 0 saturated heterocycles.